The van der Waals surface area contributed by atoms with E-state index in [4.69, 9.17) is 5.11 Å². The maximum atomic E-state index is 12.0. The summed E-state index contributed by atoms with van der Waals surface area (Å²) in [6.07, 6.45) is 2.78. The lowest BCUT2D eigenvalue weighted by molar-refractivity contribution is -0.145. The summed E-state index contributed by atoms with van der Waals surface area (Å²) in [6.45, 7) is 4.50. The summed E-state index contributed by atoms with van der Waals surface area (Å²) >= 11 is 0. The monoisotopic (exact) mass is 257 g/mol. The Kier molecular flexibility index (Phi) is 3.56. The molecule has 17 heavy (non-hydrogen) atoms. The molecule has 0 radical (unpaired) electrons. The third-order valence-corrected chi connectivity index (χ3v) is 4.38. The highest BCUT2D eigenvalue weighted by Crippen LogP contribution is 2.23. The van der Waals surface area contributed by atoms with Crippen molar-refractivity contribution in [3.63, 3.8) is 0 Å². The van der Waals surface area contributed by atoms with E-state index in [1.807, 2.05) is 0 Å². The first kappa shape index (κ1) is 13.6. The van der Waals surface area contributed by atoms with Gasteiger partial charge in [-0.15, -0.1) is 0 Å². The number of pyridine rings is 1. The van der Waals surface area contributed by atoms with Crippen LogP contribution < -0.4 is 0 Å². The molecule has 5 nitrogen and oxygen atoms in total. The Morgan fingerprint density at radius 2 is 2.00 bits per heavy atom. The quantitative estimate of drug-likeness (QED) is 0.878. The van der Waals surface area contributed by atoms with Crippen molar-refractivity contribution in [1.29, 1.82) is 0 Å². The fourth-order valence-corrected chi connectivity index (χ4v) is 3.14. The first-order chi connectivity index (χ1) is 7.65. The van der Waals surface area contributed by atoms with Gasteiger partial charge < -0.3 is 5.11 Å². The number of carboxylic acid groups (broad SMARTS) is 1. The highest BCUT2D eigenvalue weighted by atomic mass is 32.2. The first-order valence-corrected chi connectivity index (χ1v) is 6.68. The number of carbonyl (C=O) groups is 1. The van der Waals surface area contributed by atoms with Crippen LogP contribution in [0.2, 0.25) is 0 Å². The number of nitrogens with zero attached hydrogens (tertiary/aromatic N) is 1. The highest BCUT2D eigenvalue weighted by Gasteiger charge is 2.34. The Morgan fingerprint density at radius 3 is 2.47 bits per heavy atom. The van der Waals surface area contributed by atoms with Gasteiger partial charge in [-0.05, 0) is 32.4 Å². The molecule has 0 bridgehead atoms. The Bertz CT molecular complexity index is 534. The van der Waals surface area contributed by atoms with Crippen molar-refractivity contribution >= 4 is 15.8 Å². The van der Waals surface area contributed by atoms with Crippen LogP contribution in [0.25, 0.3) is 0 Å². The highest BCUT2D eigenvalue weighted by molar-refractivity contribution is 7.91. The van der Waals surface area contributed by atoms with E-state index in [-0.39, 0.29) is 4.90 Å². The fourth-order valence-electron chi connectivity index (χ4n) is 1.32. The third-order valence-electron chi connectivity index (χ3n) is 2.34. The standard InChI is InChI=1S/C11H15NO4S/c1-8-4-9(6-12-5-8)17(15,16)7-11(2,3)10(13)14/h4-6H,7H2,1-3H3,(H,13,14). The molecule has 1 rings (SSSR count). The third kappa shape index (κ3) is 3.26. The summed E-state index contributed by atoms with van der Waals surface area (Å²) in [5.74, 6) is -1.58. The predicted molar refractivity (Wildman–Crippen MR) is 62.4 cm³/mol. The Balaban J connectivity index is 3.10. The molecule has 0 aromatic carbocycles. The second-order valence-electron chi connectivity index (χ2n) is 4.65. The molecular formula is C11H15NO4S. The van der Waals surface area contributed by atoms with Crippen LogP contribution in [0.15, 0.2) is 23.4 Å². The van der Waals surface area contributed by atoms with Gasteiger partial charge in [0.05, 0.1) is 16.1 Å². The van der Waals surface area contributed by atoms with E-state index in [0.717, 1.165) is 5.56 Å². The van der Waals surface area contributed by atoms with Gasteiger partial charge in [0.2, 0.25) is 0 Å². The molecule has 0 unspecified atom stereocenters. The van der Waals surface area contributed by atoms with Crippen LogP contribution >= 0.6 is 0 Å². The zero-order valence-electron chi connectivity index (χ0n) is 9.97. The maximum Gasteiger partial charge on any atom is 0.310 e. The second kappa shape index (κ2) is 4.44. The minimum Gasteiger partial charge on any atom is -0.481 e. The molecule has 1 aromatic heterocycles. The van der Waals surface area contributed by atoms with Gasteiger partial charge >= 0.3 is 5.97 Å². The normalized spacial score (nSPS) is 12.4. The lowest BCUT2D eigenvalue weighted by Gasteiger charge is -2.18. The van der Waals surface area contributed by atoms with Crippen molar-refractivity contribution < 1.29 is 18.3 Å². The molecule has 0 amide bonds. The van der Waals surface area contributed by atoms with Gasteiger partial charge in [0.15, 0.2) is 9.84 Å². The Labute approximate surface area is 100 Å². The van der Waals surface area contributed by atoms with E-state index < -0.39 is 27.0 Å². The lowest BCUT2D eigenvalue weighted by Crippen LogP contribution is -2.32. The van der Waals surface area contributed by atoms with Crippen molar-refractivity contribution in [2.24, 2.45) is 5.41 Å². The van der Waals surface area contributed by atoms with E-state index in [1.165, 1.54) is 26.1 Å². The molecular weight excluding hydrogens is 242 g/mol. The zero-order chi connectivity index (χ0) is 13.3. The second-order valence-corrected chi connectivity index (χ2v) is 6.64. The van der Waals surface area contributed by atoms with E-state index >= 15 is 0 Å². The number of carboxylic acids is 1. The number of aliphatic carboxylic acids is 1. The number of rotatable bonds is 4. The van der Waals surface area contributed by atoms with Crippen molar-refractivity contribution in [3.8, 4) is 0 Å². The number of hydrogen-bond donors (Lipinski definition) is 1. The molecule has 0 saturated carbocycles. The van der Waals surface area contributed by atoms with Crippen molar-refractivity contribution in [2.45, 2.75) is 25.7 Å². The van der Waals surface area contributed by atoms with Crippen molar-refractivity contribution in [2.75, 3.05) is 5.75 Å². The molecule has 0 atom stereocenters. The number of sulfone groups is 1. The first-order valence-electron chi connectivity index (χ1n) is 5.03. The van der Waals surface area contributed by atoms with E-state index in [0.29, 0.717) is 0 Å². The molecule has 1 aromatic rings. The van der Waals surface area contributed by atoms with Gasteiger partial charge in [-0.2, -0.15) is 0 Å². The molecule has 0 saturated heterocycles. The summed E-state index contributed by atoms with van der Waals surface area (Å²) in [4.78, 5) is 14.8. The van der Waals surface area contributed by atoms with E-state index in [9.17, 15) is 13.2 Å². The lowest BCUT2D eigenvalue weighted by atomic mass is 9.97. The molecule has 94 valence electrons. The number of aromatic nitrogens is 1. The van der Waals surface area contributed by atoms with Crippen LogP contribution in [0, 0.1) is 12.3 Å². The summed E-state index contributed by atoms with van der Waals surface area (Å²) in [5.41, 5.74) is -0.595. The Morgan fingerprint density at radius 1 is 1.41 bits per heavy atom. The zero-order valence-corrected chi connectivity index (χ0v) is 10.8. The number of aryl methyl sites for hydroxylation is 1. The molecule has 0 spiro atoms. The fraction of sp³-hybridized carbons (Fsp3) is 0.455. The van der Waals surface area contributed by atoms with E-state index in [2.05, 4.69) is 4.98 Å². The van der Waals surface area contributed by atoms with Gasteiger partial charge in [-0.25, -0.2) is 8.42 Å². The summed E-state index contributed by atoms with van der Waals surface area (Å²) in [6, 6.07) is 1.49. The summed E-state index contributed by atoms with van der Waals surface area (Å²) in [7, 11) is -3.63. The van der Waals surface area contributed by atoms with Gasteiger partial charge in [0.1, 0.15) is 0 Å². The van der Waals surface area contributed by atoms with Crippen LogP contribution in [0.5, 0.6) is 0 Å². The minimum atomic E-state index is -3.63. The molecule has 0 aliphatic rings. The van der Waals surface area contributed by atoms with Gasteiger partial charge in [-0.1, -0.05) is 0 Å². The average Bonchev–Trinajstić information content (AvgIpc) is 2.15. The smallest absolute Gasteiger partial charge is 0.310 e. The van der Waals surface area contributed by atoms with Crippen molar-refractivity contribution in [3.05, 3.63) is 24.0 Å². The topological polar surface area (TPSA) is 84.3 Å². The summed E-state index contributed by atoms with van der Waals surface area (Å²) < 4.78 is 24.0. The molecule has 1 N–H and O–H groups in total. The molecule has 0 fully saturated rings. The van der Waals surface area contributed by atoms with Crippen LogP contribution in [-0.4, -0.2) is 30.2 Å². The largest absolute Gasteiger partial charge is 0.481 e. The molecule has 6 heteroatoms. The van der Waals surface area contributed by atoms with Gasteiger partial charge in [0, 0.05) is 12.4 Å². The predicted octanol–water partition coefficient (Wildman–Crippen LogP) is 1.27. The van der Waals surface area contributed by atoms with Crippen LogP contribution in [0.1, 0.15) is 19.4 Å². The van der Waals surface area contributed by atoms with Crippen LogP contribution in [-0.2, 0) is 14.6 Å². The molecule has 0 aliphatic carbocycles. The van der Waals surface area contributed by atoms with Gasteiger partial charge in [0.25, 0.3) is 0 Å². The minimum absolute atomic E-state index is 0.0619. The summed E-state index contributed by atoms with van der Waals surface area (Å²) in [5, 5.41) is 8.93. The van der Waals surface area contributed by atoms with Crippen LogP contribution in [0.3, 0.4) is 0 Å². The molecule has 0 aliphatic heterocycles. The SMILES string of the molecule is Cc1cncc(S(=O)(=O)CC(C)(C)C(=O)O)c1. The van der Waals surface area contributed by atoms with Gasteiger partial charge in [-0.3, -0.25) is 9.78 Å². The van der Waals surface area contributed by atoms with E-state index in [1.54, 1.807) is 13.1 Å². The van der Waals surface area contributed by atoms with Crippen molar-refractivity contribution in [1.82, 2.24) is 4.98 Å². The average molecular weight is 257 g/mol. The molecule has 1 heterocycles. The maximum absolute atomic E-state index is 12.0. The Hall–Kier alpha value is -1.43. The number of hydrogen-bond acceptors (Lipinski definition) is 4. The van der Waals surface area contributed by atoms with Crippen LogP contribution in [0.4, 0.5) is 0 Å².